The Labute approximate surface area is 109 Å². The molecule has 0 rings (SSSR count). The monoisotopic (exact) mass is 243 g/mol. The highest BCUT2D eigenvalue weighted by atomic mass is 16.5. The number of nitrogens with one attached hydrogen (secondary N) is 1. The molecule has 0 saturated carbocycles. The highest BCUT2D eigenvalue weighted by molar-refractivity contribution is 4.83. The molecule has 0 aliphatic rings. The lowest BCUT2D eigenvalue weighted by atomic mass is 9.75. The first-order valence-electron chi connectivity index (χ1n) is 7.25. The summed E-state index contributed by atoms with van der Waals surface area (Å²) in [6.45, 7) is 12.3. The zero-order valence-corrected chi connectivity index (χ0v) is 12.8. The van der Waals surface area contributed by atoms with Gasteiger partial charge in [-0.25, -0.2) is 0 Å². The predicted octanol–water partition coefficient (Wildman–Crippen LogP) is 4.00. The third-order valence-corrected chi connectivity index (χ3v) is 3.82. The number of hydrogen-bond donors (Lipinski definition) is 1. The lowest BCUT2D eigenvalue weighted by Crippen LogP contribution is -2.39. The van der Waals surface area contributed by atoms with Crippen molar-refractivity contribution >= 4 is 0 Å². The maximum Gasteiger partial charge on any atom is 0.0549 e. The van der Waals surface area contributed by atoms with Gasteiger partial charge in [-0.1, -0.05) is 40.5 Å². The van der Waals surface area contributed by atoms with Crippen LogP contribution in [-0.4, -0.2) is 25.8 Å². The molecule has 2 nitrogen and oxygen atoms in total. The van der Waals surface area contributed by atoms with Crippen molar-refractivity contribution < 1.29 is 4.74 Å². The molecular formula is C15H33NO. The summed E-state index contributed by atoms with van der Waals surface area (Å²) in [7, 11) is 1.82. The molecule has 0 radical (unpaired) electrons. The van der Waals surface area contributed by atoms with Crippen molar-refractivity contribution in [2.45, 2.75) is 78.9 Å². The maximum atomic E-state index is 5.47. The van der Waals surface area contributed by atoms with E-state index in [0.29, 0.717) is 17.6 Å². The molecule has 0 spiro atoms. The number of unbranched alkanes of at least 4 members (excludes halogenated alkanes) is 1. The molecule has 0 aromatic carbocycles. The van der Waals surface area contributed by atoms with Gasteiger partial charge in [-0.3, -0.25) is 0 Å². The van der Waals surface area contributed by atoms with Gasteiger partial charge in [0.15, 0.2) is 0 Å². The van der Waals surface area contributed by atoms with Crippen LogP contribution in [0.5, 0.6) is 0 Å². The minimum absolute atomic E-state index is 0.362. The summed E-state index contributed by atoms with van der Waals surface area (Å²) in [5.41, 5.74) is 0.412. The largest absolute Gasteiger partial charge is 0.382 e. The smallest absolute Gasteiger partial charge is 0.0549 e. The van der Waals surface area contributed by atoms with E-state index in [-0.39, 0.29) is 0 Å². The molecule has 0 aliphatic heterocycles. The molecule has 0 aromatic rings. The fraction of sp³-hybridized carbons (Fsp3) is 1.00. The van der Waals surface area contributed by atoms with E-state index in [2.05, 4.69) is 39.9 Å². The van der Waals surface area contributed by atoms with Crippen LogP contribution in [0, 0.1) is 5.41 Å². The van der Waals surface area contributed by atoms with Crippen LogP contribution in [-0.2, 0) is 4.74 Å². The minimum Gasteiger partial charge on any atom is -0.382 e. The van der Waals surface area contributed by atoms with Crippen molar-refractivity contribution in [3.05, 3.63) is 0 Å². The Morgan fingerprint density at radius 2 is 1.82 bits per heavy atom. The molecule has 0 amide bonds. The molecule has 104 valence electrons. The van der Waals surface area contributed by atoms with Crippen LogP contribution in [0.4, 0.5) is 0 Å². The van der Waals surface area contributed by atoms with Gasteiger partial charge < -0.3 is 10.1 Å². The summed E-state index contributed by atoms with van der Waals surface area (Å²) in [4.78, 5) is 0. The molecule has 0 fully saturated rings. The van der Waals surface area contributed by atoms with E-state index in [1.54, 1.807) is 0 Å². The molecule has 2 unspecified atom stereocenters. The Kier molecular flexibility index (Phi) is 8.89. The van der Waals surface area contributed by atoms with Crippen molar-refractivity contribution in [3.8, 4) is 0 Å². The molecule has 17 heavy (non-hydrogen) atoms. The van der Waals surface area contributed by atoms with Crippen molar-refractivity contribution in [1.82, 2.24) is 5.32 Å². The summed E-state index contributed by atoms with van der Waals surface area (Å²) in [6.07, 6.45) is 6.68. The average Bonchev–Trinajstić information content (AvgIpc) is 2.32. The second-order valence-corrected chi connectivity index (χ2v) is 5.74. The fourth-order valence-corrected chi connectivity index (χ4v) is 2.37. The molecule has 0 bridgehead atoms. The van der Waals surface area contributed by atoms with Gasteiger partial charge in [0.25, 0.3) is 0 Å². The van der Waals surface area contributed by atoms with Gasteiger partial charge in [-0.2, -0.15) is 0 Å². The van der Waals surface area contributed by atoms with Crippen LogP contribution in [0.2, 0.25) is 0 Å². The number of hydrogen-bond acceptors (Lipinski definition) is 2. The van der Waals surface area contributed by atoms with E-state index in [9.17, 15) is 0 Å². The van der Waals surface area contributed by atoms with E-state index in [1.807, 2.05) is 7.11 Å². The van der Waals surface area contributed by atoms with Crippen molar-refractivity contribution in [2.24, 2.45) is 5.41 Å². The zero-order chi connectivity index (χ0) is 13.3. The van der Waals surface area contributed by atoms with Gasteiger partial charge in [0.05, 0.1) is 6.10 Å². The SMILES string of the molecule is CCCCC(CC)(CNC(C)C)CC(C)OC. The first-order valence-corrected chi connectivity index (χ1v) is 7.25. The molecule has 2 heteroatoms. The normalized spacial score (nSPS) is 17.1. The summed E-state index contributed by atoms with van der Waals surface area (Å²) >= 11 is 0. The Balaban J connectivity index is 4.49. The first kappa shape index (κ1) is 16.9. The van der Waals surface area contributed by atoms with Gasteiger partial charge in [0, 0.05) is 19.7 Å². The quantitative estimate of drug-likeness (QED) is 0.626. The van der Waals surface area contributed by atoms with Crippen LogP contribution >= 0.6 is 0 Å². The van der Waals surface area contributed by atoms with Gasteiger partial charge in [-0.15, -0.1) is 0 Å². The Bertz CT molecular complexity index is 182. The molecule has 0 heterocycles. The lowest BCUT2D eigenvalue weighted by Gasteiger charge is -2.36. The average molecular weight is 243 g/mol. The molecule has 0 aliphatic carbocycles. The number of methoxy groups -OCH3 is 1. The van der Waals surface area contributed by atoms with Crippen LogP contribution in [0.1, 0.15) is 66.7 Å². The van der Waals surface area contributed by atoms with Crippen molar-refractivity contribution in [2.75, 3.05) is 13.7 Å². The minimum atomic E-state index is 0.362. The third kappa shape index (κ3) is 7.05. The Morgan fingerprint density at radius 3 is 2.24 bits per heavy atom. The topological polar surface area (TPSA) is 21.3 Å². The van der Waals surface area contributed by atoms with Crippen molar-refractivity contribution in [3.63, 3.8) is 0 Å². The zero-order valence-electron chi connectivity index (χ0n) is 12.8. The van der Waals surface area contributed by atoms with E-state index >= 15 is 0 Å². The fourth-order valence-electron chi connectivity index (χ4n) is 2.37. The standard InChI is InChI=1S/C15H33NO/c1-7-9-10-15(8-2,11-14(5)17-6)12-16-13(3)4/h13-14,16H,7-12H2,1-6H3. The summed E-state index contributed by atoms with van der Waals surface area (Å²) in [5.74, 6) is 0. The van der Waals surface area contributed by atoms with E-state index < -0.39 is 0 Å². The Hall–Kier alpha value is -0.0800. The maximum absolute atomic E-state index is 5.47. The summed E-state index contributed by atoms with van der Waals surface area (Å²) in [6, 6.07) is 0.570. The molecule has 0 saturated heterocycles. The van der Waals surface area contributed by atoms with Crippen LogP contribution in [0.15, 0.2) is 0 Å². The van der Waals surface area contributed by atoms with Gasteiger partial charge in [-0.05, 0) is 31.6 Å². The van der Waals surface area contributed by atoms with Crippen LogP contribution < -0.4 is 5.32 Å². The highest BCUT2D eigenvalue weighted by Gasteiger charge is 2.29. The Morgan fingerprint density at radius 1 is 1.18 bits per heavy atom. The molecule has 1 N–H and O–H groups in total. The second kappa shape index (κ2) is 8.93. The molecule has 2 atom stereocenters. The lowest BCUT2D eigenvalue weighted by molar-refractivity contribution is 0.0550. The molecule has 0 aromatic heterocycles. The van der Waals surface area contributed by atoms with Gasteiger partial charge in [0.1, 0.15) is 0 Å². The summed E-state index contributed by atoms with van der Waals surface area (Å²) < 4.78 is 5.47. The van der Waals surface area contributed by atoms with Gasteiger partial charge >= 0.3 is 0 Å². The van der Waals surface area contributed by atoms with Crippen LogP contribution in [0.3, 0.4) is 0 Å². The van der Waals surface area contributed by atoms with E-state index in [1.165, 1.54) is 32.1 Å². The molecular weight excluding hydrogens is 210 g/mol. The van der Waals surface area contributed by atoms with Gasteiger partial charge in [0.2, 0.25) is 0 Å². The van der Waals surface area contributed by atoms with E-state index in [0.717, 1.165) is 6.54 Å². The third-order valence-electron chi connectivity index (χ3n) is 3.82. The predicted molar refractivity (Wildman–Crippen MR) is 76.5 cm³/mol. The van der Waals surface area contributed by atoms with Crippen LogP contribution in [0.25, 0.3) is 0 Å². The van der Waals surface area contributed by atoms with E-state index in [4.69, 9.17) is 4.74 Å². The number of ether oxygens (including phenoxy) is 1. The highest BCUT2D eigenvalue weighted by Crippen LogP contribution is 2.34. The number of rotatable bonds is 10. The van der Waals surface area contributed by atoms with Crippen molar-refractivity contribution in [1.29, 1.82) is 0 Å². The first-order chi connectivity index (χ1) is 7.99. The summed E-state index contributed by atoms with van der Waals surface area (Å²) in [5, 5.41) is 3.62. The second-order valence-electron chi connectivity index (χ2n) is 5.74.